The highest BCUT2D eigenvalue weighted by molar-refractivity contribution is 5.94. The van der Waals surface area contributed by atoms with E-state index in [1.165, 1.54) is 11.1 Å². The number of aromatic nitrogens is 1. The summed E-state index contributed by atoms with van der Waals surface area (Å²) in [6.45, 7) is 3.69. The minimum absolute atomic E-state index is 0.203. The molecule has 2 aromatic rings. The summed E-state index contributed by atoms with van der Waals surface area (Å²) in [4.78, 5) is 15.9. The Morgan fingerprint density at radius 3 is 2.43 bits per heavy atom. The van der Waals surface area contributed by atoms with E-state index in [1.807, 2.05) is 26.0 Å². The van der Waals surface area contributed by atoms with Gasteiger partial charge in [-0.15, -0.1) is 0 Å². The van der Waals surface area contributed by atoms with Crippen LogP contribution in [0.15, 0.2) is 30.3 Å². The SMILES string of the molecule is Cc1cc(C)c(C(=O)O)c(NC2Cc3ccccc3C2)n1. The van der Waals surface area contributed by atoms with Crippen molar-refractivity contribution in [2.75, 3.05) is 5.32 Å². The first-order valence-corrected chi connectivity index (χ1v) is 7.09. The van der Waals surface area contributed by atoms with Gasteiger partial charge >= 0.3 is 5.97 Å². The predicted molar refractivity (Wildman–Crippen MR) is 81.9 cm³/mol. The van der Waals surface area contributed by atoms with Crippen LogP contribution in [0.3, 0.4) is 0 Å². The number of carboxylic acid groups (broad SMARTS) is 1. The fourth-order valence-corrected chi connectivity index (χ4v) is 3.07. The number of hydrogen-bond acceptors (Lipinski definition) is 3. The maximum atomic E-state index is 11.5. The van der Waals surface area contributed by atoms with Crippen LogP contribution < -0.4 is 5.32 Å². The Morgan fingerprint density at radius 1 is 1.24 bits per heavy atom. The molecule has 1 aliphatic carbocycles. The van der Waals surface area contributed by atoms with E-state index in [9.17, 15) is 9.90 Å². The van der Waals surface area contributed by atoms with Gasteiger partial charge in [-0.05, 0) is 49.4 Å². The summed E-state index contributed by atoms with van der Waals surface area (Å²) in [5.74, 6) is -0.448. The molecule has 0 spiro atoms. The predicted octanol–water partition coefficient (Wildman–Crippen LogP) is 2.98. The lowest BCUT2D eigenvalue weighted by Crippen LogP contribution is -2.23. The Balaban J connectivity index is 1.88. The number of rotatable bonds is 3. The second kappa shape index (κ2) is 5.20. The number of hydrogen-bond donors (Lipinski definition) is 2. The van der Waals surface area contributed by atoms with E-state index < -0.39 is 5.97 Å². The fraction of sp³-hybridized carbons (Fsp3) is 0.294. The van der Waals surface area contributed by atoms with E-state index >= 15 is 0 Å². The number of benzene rings is 1. The number of fused-ring (bicyclic) bond motifs is 1. The molecule has 3 rings (SSSR count). The topological polar surface area (TPSA) is 62.2 Å². The van der Waals surface area contributed by atoms with Crippen LogP contribution in [-0.4, -0.2) is 22.1 Å². The molecule has 0 atom stereocenters. The van der Waals surface area contributed by atoms with Gasteiger partial charge in [-0.1, -0.05) is 24.3 Å². The van der Waals surface area contributed by atoms with Crippen molar-refractivity contribution in [1.82, 2.24) is 4.98 Å². The minimum atomic E-state index is -0.932. The number of aryl methyl sites for hydroxylation is 2. The average molecular weight is 282 g/mol. The van der Waals surface area contributed by atoms with Crippen molar-refractivity contribution in [3.8, 4) is 0 Å². The van der Waals surface area contributed by atoms with E-state index in [4.69, 9.17) is 0 Å². The highest BCUT2D eigenvalue weighted by Gasteiger charge is 2.24. The number of pyridine rings is 1. The van der Waals surface area contributed by atoms with Gasteiger partial charge in [0.25, 0.3) is 0 Å². The van der Waals surface area contributed by atoms with Crippen molar-refractivity contribution in [1.29, 1.82) is 0 Å². The number of carbonyl (C=O) groups is 1. The lowest BCUT2D eigenvalue weighted by molar-refractivity contribution is 0.0697. The molecule has 2 N–H and O–H groups in total. The molecule has 1 heterocycles. The molecule has 1 aromatic carbocycles. The first-order valence-electron chi connectivity index (χ1n) is 7.09. The Labute approximate surface area is 123 Å². The van der Waals surface area contributed by atoms with Gasteiger partial charge in [0.15, 0.2) is 0 Å². The largest absolute Gasteiger partial charge is 0.478 e. The maximum Gasteiger partial charge on any atom is 0.339 e. The lowest BCUT2D eigenvalue weighted by atomic mass is 10.1. The third-order valence-corrected chi connectivity index (χ3v) is 3.95. The molecule has 0 saturated carbocycles. The van der Waals surface area contributed by atoms with Gasteiger partial charge in [0.05, 0.1) is 0 Å². The summed E-state index contributed by atoms with van der Waals surface area (Å²) in [5, 5.41) is 12.7. The molecule has 0 amide bonds. The molecule has 1 aliphatic rings. The summed E-state index contributed by atoms with van der Waals surface area (Å²) in [6.07, 6.45) is 1.81. The van der Waals surface area contributed by atoms with E-state index in [-0.39, 0.29) is 11.6 Å². The standard InChI is InChI=1S/C17H18N2O2/c1-10-7-11(2)18-16(15(10)17(20)21)19-14-8-12-5-3-4-6-13(12)9-14/h3-7,14H,8-9H2,1-2H3,(H,18,19)(H,20,21). The van der Waals surface area contributed by atoms with Gasteiger partial charge in [0.1, 0.15) is 11.4 Å². The summed E-state index contributed by atoms with van der Waals surface area (Å²) >= 11 is 0. The molecule has 4 heteroatoms. The third kappa shape index (κ3) is 2.61. The van der Waals surface area contributed by atoms with Crippen LogP contribution in [0, 0.1) is 13.8 Å². The van der Waals surface area contributed by atoms with E-state index in [0.717, 1.165) is 24.1 Å². The van der Waals surface area contributed by atoms with Crippen LogP contribution in [0.2, 0.25) is 0 Å². The monoisotopic (exact) mass is 282 g/mol. The van der Waals surface area contributed by atoms with Crippen LogP contribution in [-0.2, 0) is 12.8 Å². The zero-order chi connectivity index (χ0) is 15.0. The molecule has 0 aliphatic heterocycles. The number of carboxylic acids is 1. The van der Waals surface area contributed by atoms with E-state index in [2.05, 4.69) is 22.4 Å². The molecular weight excluding hydrogens is 264 g/mol. The van der Waals surface area contributed by atoms with Gasteiger partial charge in [-0.2, -0.15) is 0 Å². The molecule has 0 radical (unpaired) electrons. The summed E-state index contributed by atoms with van der Waals surface area (Å²) < 4.78 is 0. The highest BCUT2D eigenvalue weighted by Crippen LogP contribution is 2.26. The Morgan fingerprint density at radius 2 is 1.86 bits per heavy atom. The van der Waals surface area contributed by atoms with Crippen molar-refractivity contribution in [2.24, 2.45) is 0 Å². The number of nitrogens with zero attached hydrogens (tertiary/aromatic N) is 1. The number of anilines is 1. The van der Waals surface area contributed by atoms with E-state index in [0.29, 0.717) is 5.82 Å². The second-order valence-electron chi connectivity index (χ2n) is 5.63. The van der Waals surface area contributed by atoms with E-state index in [1.54, 1.807) is 6.07 Å². The zero-order valence-electron chi connectivity index (χ0n) is 12.2. The molecule has 0 saturated heterocycles. The number of nitrogens with one attached hydrogen (secondary N) is 1. The van der Waals surface area contributed by atoms with Crippen molar-refractivity contribution in [3.63, 3.8) is 0 Å². The Hall–Kier alpha value is -2.36. The molecule has 0 unspecified atom stereocenters. The molecule has 21 heavy (non-hydrogen) atoms. The van der Waals surface area contributed by atoms with Crippen LogP contribution in [0.1, 0.15) is 32.7 Å². The zero-order valence-corrected chi connectivity index (χ0v) is 12.2. The summed E-state index contributed by atoms with van der Waals surface area (Å²) in [7, 11) is 0. The van der Waals surface area contributed by atoms with Gasteiger partial charge < -0.3 is 10.4 Å². The first-order chi connectivity index (χ1) is 10.0. The van der Waals surface area contributed by atoms with Gasteiger partial charge in [0.2, 0.25) is 0 Å². The summed E-state index contributed by atoms with van der Waals surface area (Å²) in [6, 6.07) is 10.3. The third-order valence-electron chi connectivity index (χ3n) is 3.95. The van der Waals surface area contributed by atoms with Crippen molar-refractivity contribution in [3.05, 3.63) is 58.3 Å². The molecular formula is C17H18N2O2. The molecule has 0 fully saturated rings. The van der Waals surface area contributed by atoms with Gasteiger partial charge in [0, 0.05) is 11.7 Å². The van der Waals surface area contributed by atoms with Crippen molar-refractivity contribution >= 4 is 11.8 Å². The average Bonchev–Trinajstić information content (AvgIpc) is 2.79. The number of aromatic carboxylic acids is 1. The van der Waals surface area contributed by atoms with Crippen molar-refractivity contribution < 1.29 is 9.90 Å². The normalized spacial score (nSPS) is 14.0. The van der Waals surface area contributed by atoms with Crippen LogP contribution in [0.5, 0.6) is 0 Å². The smallest absolute Gasteiger partial charge is 0.339 e. The van der Waals surface area contributed by atoms with Crippen LogP contribution in [0.4, 0.5) is 5.82 Å². The molecule has 108 valence electrons. The Kier molecular flexibility index (Phi) is 3.37. The van der Waals surface area contributed by atoms with Gasteiger partial charge in [-0.25, -0.2) is 9.78 Å². The lowest BCUT2D eigenvalue weighted by Gasteiger charge is -2.16. The van der Waals surface area contributed by atoms with Crippen LogP contribution in [0.25, 0.3) is 0 Å². The minimum Gasteiger partial charge on any atom is -0.478 e. The molecule has 1 aromatic heterocycles. The first kappa shape index (κ1) is 13.6. The molecule has 0 bridgehead atoms. The van der Waals surface area contributed by atoms with Crippen LogP contribution >= 0.6 is 0 Å². The summed E-state index contributed by atoms with van der Waals surface area (Å²) in [5.41, 5.74) is 4.51. The van der Waals surface area contributed by atoms with Crippen molar-refractivity contribution in [2.45, 2.75) is 32.7 Å². The molecule has 4 nitrogen and oxygen atoms in total. The quantitative estimate of drug-likeness (QED) is 0.908. The second-order valence-corrected chi connectivity index (χ2v) is 5.63. The fourth-order valence-electron chi connectivity index (χ4n) is 3.07. The Bertz CT molecular complexity index is 685. The van der Waals surface area contributed by atoms with Gasteiger partial charge in [-0.3, -0.25) is 0 Å². The highest BCUT2D eigenvalue weighted by atomic mass is 16.4. The maximum absolute atomic E-state index is 11.5.